The molecule has 0 amide bonds. The number of hydrogen-bond acceptors (Lipinski definition) is 7. The average molecular weight is 529 g/mol. The van der Waals surface area contributed by atoms with Crippen LogP contribution in [0.3, 0.4) is 0 Å². The Hall–Kier alpha value is -2.00. The molecule has 3 N–H and O–H groups in total. The van der Waals surface area contributed by atoms with E-state index in [0.717, 1.165) is 33.9 Å². The lowest BCUT2D eigenvalue weighted by atomic mass is 9.80. The fraction of sp³-hybridized carbons (Fsp3) is 0.379. The van der Waals surface area contributed by atoms with Crippen molar-refractivity contribution in [1.29, 1.82) is 0 Å². The van der Waals surface area contributed by atoms with E-state index in [4.69, 9.17) is 9.47 Å². The summed E-state index contributed by atoms with van der Waals surface area (Å²) in [6.45, 7) is 3.83. The quantitative estimate of drug-likeness (QED) is 0.202. The van der Waals surface area contributed by atoms with Gasteiger partial charge in [-0.25, -0.2) is 0 Å². The van der Waals surface area contributed by atoms with Gasteiger partial charge in [0.2, 0.25) is 0 Å². The second-order valence-corrected chi connectivity index (χ2v) is 11.4. The minimum Gasteiger partial charge on any atom is -0.497 e. The zero-order valence-electron chi connectivity index (χ0n) is 21.0. The van der Waals surface area contributed by atoms with E-state index >= 15 is 0 Å². The van der Waals surface area contributed by atoms with E-state index in [1.807, 2.05) is 98.8 Å². The molecular formula is C29H36O5S2. The van der Waals surface area contributed by atoms with Gasteiger partial charge in [0.15, 0.2) is 0 Å². The van der Waals surface area contributed by atoms with E-state index in [1.54, 1.807) is 30.6 Å². The first-order chi connectivity index (χ1) is 17.5. The molecule has 0 aliphatic rings. The first-order valence-corrected chi connectivity index (χ1v) is 14.2. The molecule has 0 radical (unpaired) electrons. The standard InChI is InChI=1S/C29H36O5S2/c1-4-35-28(36-5-2)27(32)26(31)25(30)20-34-29(21-12-8-6-9-13-21,22-14-10-7-11-15-22)23-16-18-24(33-3)19-17-23/h6-19,25-28,30-32H,4-5,20H2,1-3H3/t25-,26-,27-/m1/s1. The lowest BCUT2D eigenvalue weighted by Crippen LogP contribution is -2.46. The maximum Gasteiger partial charge on any atom is 0.143 e. The summed E-state index contributed by atoms with van der Waals surface area (Å²) < 4.78 is 11.7. The SMILES string of the molecule is CCSC(SCC)[C@H](O)[C@H](O)[C@H](O)COC(c1ccccc1)(c1ccccc1)c1ccc(OC)cc1. The molecule has 3 aromatic rings. The van der Waals surface area contributed by atoms with Crippen molar-refractivity contribution >= 4 is 23.5 Å². The van der Waals surface area contributed by atoms with Crippen LogP contribution >= 0.6 is 23.5 Å². The minimum absolute atomic E-state index is 0.186. The Bertz CT molecular complexity index is 971. The zero-order chi connectivity index (χ0) is 26.0. The van der Waals surface area contributed by atoms with Gasteiger partial charge in [-0.15, -0.1) is 23.5 Å². The molecule has 3 atom stereocenters. The smallest absolute Gasteiger partial charge is 0.143 e. The van der Waals surface area contributed by atoms with Gasteiger partial charge in [-0.2, -0.15) is 0 Å². The fourth-order valence-corrected chi connectivity index (χ4v) is 6.77. The van der Waals surface area contributed by atoms with Gasteiger partial charge in [-0.3, -0.25) is 0 Å². The van der Waals surface area contributed by atoms with Crippen LogP contribution in [0.25, 0.3) is 0 Å². The van der Waals surface area contributed by atoms with E-state index in [1.165, 1.54) is 0 Å². The third kappa shape index (κ3) is 6.65. The fourth-order valence-electron chi connectivity index (χ4n) is 4.19. The molecule has 194 valence electrons. The summed E-state index contributed by atoms with van der Waals surface area (Å²) in [6.07, 6.45) is -3.74. The van der Waals surface area contributed by atoms with Crippen LogP contribution in [0.5, 0.6) is 5.75 Å². The summed E-state index contributed by atoms with van der Waals surface area (Å²) in [6, 6.07) is 27.3. The molecule has 0 saturated carbocycles. The number of hydrogen-bond donors (Lipinski definition) is 3. The van der Waals surface area contributed by atoms with Gasteiger partial charge in [0, 0.05) is 0 Å². The molecule has 0 aliphatic carbocycles. The van der Waals surface area contributed by atoms with Gasteiger partial charge in [-0.05, 0) is 40.3 Å². The van der Waals surface area contributed by atoms with Crippen LogP contribution in [0.4, 0.5) is 0 Å². The topological polar surface area (TPSA) is 79.2 Å². The van der Waals surface area contributed by atoms with Gasteiger partial charge in [-0.1, -0.05) is 86.6 Å². The molecule has 36 heavy (non-hydrogen) atoms. The Morgan fingerprint density at radius 2 is 1.17 bits per heavy atom. The molecule has 0 fully saturated rings. The molecule has 0 spiro atoms. The average Bonchev–Trinajstić information content (AvgIpc) is 2.93. The van der Waals surface area contributed by atoms with Crippen molar-refractivity contribution in [1.82, 2.24) is 0 Å². The highest BCUT2D eigenvalue weighted by Gasteiger charge is 2.40. The summed E-state index contributed by atoms with van der Waals surface area (Å²) >= 11 is 3.12. The molecule has 0 aliphatic heterocycles. The molecule has 0 aromatic heterocycles. The molecular weight excluding hydrogens is 492 g/mol. The summed E-state index contributed by atoms with van der Waals surface area (Å²) in [5.41, 5.74) is 1.55. The molecule has 0 saturated heterocycles. The first kappa shape index (κ1) is 28.6. The summed E-state index contributed by atoms with van der Waals surface area (Å²) in [5, 5.41) is 32.7. The predicted molar refractivity (Wildman–Crippen MR) is 150 cm³/mol. The van der Waals surface area contributed by atoms with Crippen LogP contribution in [0.15, 0.2) is 84.9 Å². The Labute approximate surface area is 222 Å². The highest BCUT2D eigenvalue weighted by molar-refractivity contribution is 8.17. The van der Waals surface area contributed by atoms with Crippen molar-refractivity contribution in [2.24, 2.45) is 0 Å². The van der Waals surface area contributed by atoms with E-state index in [2.05, 4.69) is 0 Å². The first-order valence-electron chi connectivity index (χ1n) is 12.1. The predicted octanol–water partition coefficient (Wildman–Crippen LogP) is 4.92. The van der Waals surface area contributed by atoms with Gasteiger partial charge in [0.25, 0.3) is 0 Å². The lowest BCUT2D eigenvalue weighted by molar-refractivity contribution is -0.107. The number of methoxy groups -OCH3 is 1. The monoisotopic (exact) mass is 528 g/mol. The van der Waals surface area contributed by atoms with Crippen LogP contribution < -0.4 is 4.74 Å². The molecule has 3 aromatic carbocycles. The number of thioether (sulfide) groups is 2. The van der Waals surface area contributed by atoms with E-state index in [-0.39, 0.29) is 11.2 Å². The summed E-state index contributed by atoms with van der Waals surface area (Å²) in [4.78, 5) is 0. The van der Waals surface area contributed by atoms with Gasteiger partial charge >= 0.3 is 0 Å². The number of benzene rings is 3. The molecule has 7 heteroatoms. The Kier molecular flexibility index (Phi) is 11.2. The number of rotatable bonds is 14. The molecule has 0 unspecified atom stereocenters. The van der Waals surface area contributed by atoms with Crippen molar-refractivity contribution in [2.75, 3.05) is 25.2 Å². The maximum atomic E-state index is 11.0. The minimum atomic E-state index is -1.35. The maximum absolute atomic E-state index is 11.0. The van der Waals surface area contributed by atoms with E-state index < -0.39 is 23.9 Å². The van der Waals surface area contributed by atoms with Crippen molar-refractivity contribution in [3.63, 3.8) is 0 Å². The number of aliphatic hydroxyl groups is 3. The van der Waals surface area contributed by atoms with Crippen LogP contribution in [0.1, 0.15) is 30.5 Å². The van der Waals surface area contributed by atoms with Crippen LogP contribution in [0.2, 0.25) is 0 Å². The number of aliphatic hydroxyl groups excluding tert-OH is 3. The van der Waals surface area contributed by atoms with Crippen molar-refractivity contribution in [2.45, 2.75) is 42.3 Å². The van der Waals surface area contributed by atoms with Gasteiger partial charge in [0.1, 0.15) is 29.7 Å². The molecule has 5 nitrogen and oxygen atoms in total. The molecule has 0 bridgehead atoms. The van der Waals surface area contributed by atoms with Crippen LogP contribution in [-0.2, 0) is 10.3 Å². The Morgan fingerprint density at radius 1 is 0.694 bits per heavy atom. The Balaban J connectivity index is 1.99. The zero-order valence-corrected chi connectivity index (χ0v) is 22.6. The third-order valence-electron chi connectivity index (χ3n) is 6.01. The number of ether oxygens (including phenoxy) is 2. The lowest BCUT2D eigenvalue weighted by Gasteiger charge is -2.37. The molecule has 0 heterocycles. The van der Waals surface area contributed by atoms with E-state index in [9.17, 15) is 15.3 Å². The second kappa shape index (κ2) is 14.1. The van der Waals surface area contributed by atoms with Crippen molar-refractivity contribution in [3.8, 4) is 5.75 Å². The molecule has 3 rings (SSSR count). The third-order valence-corrected chi connectivity index (χ3v) is 8.71. The van der Waals surface area contributed by atoms with Crippen LogP contribution in [0, 0.1) is 0 Å². The summed E-state index contributed by atoms with van der Waals surface area (Å²) in [7, 11) is 1.62. The van der Waals surface area contributed by atoms with Crippen molar-refractivity contribution in [3.05, 3.63) is 102 Å². The second-order valence-electron chi connectivity index (χ2n) is 8.28. The largest absolute Gasteiger partial charge is 0.497 e. The summed E-state index contributed by atoms with van der Waals surface area (Å²) in [5.74, 6) is 2.33. The highest BCUT2D eigenvalue weighted by atomic mass is 32.2. The highest BCUT2D eigenvalue weighted by Crippen LogP contribution is 2.41. The van der Waals surface area contributed by atoms with Gasteiger partial charge < -0.3 is 24.8 Å². The van der Waals surface area contributed by atoms with E-state index in [0.29, 0.717) is 0 Å². The van der Waals surface area contributed by atoms with Crippen LogP contribution in [-0.4, -0.2) is 63.4 Å². The normalized spacial score (nSPS) is 14.4. The van der Waals surface area contributed by atoms with Crippen molar-refractivity contribution < 1.29 is 24.8 Å². The Morgan fingerprint density at radius 3 is 1.61 bits per heavy atom. The van der Waals surface area contributed by atoms with Gasteiger partial charge in [0.05, 0.1) is 18.3 Å².